The van der Waals surface area contributed by atoms with Crippen LogP contribution in [0.15, 0.2) is 36.4 Å². The van der Waals surface area contributed by atoms with E-state index in [0.29, 0.717) is 18.2 Å². The van der Waals surface area contributed by atoms with E-state index in [4.69, 9.17) is 9.84 Å². The lowest BCUT2D eigenvalue weighted by Crippen LogP contribution is -2.29. The zero-order valence-corrected chi connectivity index (χ0v) is 11.6. The number of aliphatic hydroxyl groups excluding tert-OH is 1. The van der Waals surface area contributed by atoms with Crippen molar-refractivity contribution in [3.05, 3.63) is 53.5 Å². The molecule has 0 saturated carbocycles. The van der Waals surface area contributed by atoms with Crippen LogP contribution in [0.4, 0.5) is 0 Å². The predicted octanol–water partition coefficient (Wildman–Crippen LogP) is 1.56. The van der Waals surface area contributed by atoms with Crippen LogP contribution >= 0.6 is 0 Å². The molecule has 2 N–H and O–H groups in total. The molecule has 1 unspecified atom stereocenters. The van der Waals surface area contributed by atoms with Crippen LogP contribution in [0.1, 0.15) is 24.0 Å². The van der Waals surface area contributed by atoms with E-state index in [9.17, 15) is 5.11 Å². The smallest absolute Gasteiger partial charge is 0.217 e. The van der Waals surface area contributed by atoms with Crippen molar-refractivity contribution in [1.82, 2.24) is 9.97 Å². The van der Waals surface area contributed by atoms with Crippen LogP contribution < -0.4 is 4.74 Å². The molecule has 0 fully saturated rings. The van der Waals surface area contributed by atoms with Crippen LogP contribution in [-0.4, -0.2) is 26.8 Å². The Kier molecular flexibility index (Phi) is 4.32. The fourth-order valence-corrected chi connectivity index (χ4v) is 1.66. The standard InChI is InChI=1S/C15H18N2O3/c1-11-8-13(17-14(16-11)15(2,19)10-18)20-9-12-6-4-3-5-7-12/h3-8,18-19H,9-10H2,1-2H3. The summed E-state index contributed by atoms with van der Waals surface area (Å²) in [6, 6.07) is 11.4. The highest BCUT2D eigenvalue weighted by Crippen LogP contribution is 2.20. The quantitative estimate of drug-likeness (QED) is 0.865. The first-order valence-corrected chi connectivity index (χ1v) is 6.37. The van der Waals surface area contributed by atoms with Crippen molar-refractivity contribution >= 4 is 0 Å². The van der Waals surface area contributed by atoms with Gasteiger partial charge in [-0.3, -0.25) is 0 Å². The SMILES string of the molecule is Cc1cc(OCc2ccccc2)nc(C(C)(O)CO)n1. The third kappa shape index (κ3) is 3.53. The second kappa shape index (κ2) is 5.98. The van der Waals surface area contributed by atoms with Gasteiger partial charge in [0.2, 0.25) is 5.88 Å². The highest BCUT2D eigenvalue weighted by atomic mass is 16.5. The zero-order chi connectivity index (χ0) is 14.6. The molecule has 0 aliphatic rings. The first-order chi connectivity index (χ1) is 9.51. The molecule has 1 aromatic heterocycles. The molecule has 0 spiro atoms. The molecular formula is C15H18N2O3. The van der Waals surface area contributed by atoms with Crippen LogP contribution in [0, 0.1) is 6.92 Å². The minimum Gasteiger partial charge on any atom is -0.473 e. The van der Waals surface area contributed by atoms with Gasteiger partial charge in [0.15, 0.2) is 5.82 Å². The summed E-state index contributed by atoms with van der Waals surface area (Å²) in [6.07, 6.45) is 0. The van der Waals surface area contributed by atoms with Crippen molar-refractivity contribution in [2.45, 2.75) is 26.1 Å². The molecule has 2 aromatic rings. The molecule has 5 nitrogen and oxygen atoms in total. The van der Waals surface area contributed by atoms with Crippen LogP contribution in [0.5, 0.6) is 5.88 Å². The summed E-state index contributed by atoms with van der Waals surface area (Å²) >= 11 is 0. The molecule has 20 heavy (non-hydrogen) atoms. The molecule has 0 amide bonds. The number of ether oxygens (including phenoxy) is 1. The maximum atomic E-state index is 10.00. The Morgan fingerprint density at radius 3 is 2.55 bits per heavy atom. The number of hydrogen-bond acceptors (Lipinski definition) is 5. The fraction of sp³-hybridized carbons (Fsp3) is 0.333. The molecule has 1 heterocycles. The Balaban J connectivity index is 2.16. The number of aryl methyl sites for hydroxylation is 1. The number of nitrogens with zero attached hydrogens (tertiary/aromatic N) is 2. The normalized spacial score (nSPS) is 13.8. The molecule has 0 bridgehead atoms. The number of rotatable bonds is 5. The first-order valence-electron chi connectivity index (χ1n) is 6.37. The largest absolute Gasteiger partial charge is 0.473 e. The summed E-state index contributed by atoms with van der Waals surface area (Å²) in [6.45, 7) is 3.18. The minimum absolute atomic E-state index is 0.156. The second-order valence-corrected chi connectivity index (χ2v) is 4.88. The number of aromatic nitrogens is 2. The molecule has 0 saturated heterocycles. The molecule has 1 atom stereocenters. The van der Waals surface area contributed by atoms with Gasteiger partial charge in [-0.05, 0) is 19.4 Å². The van der Waals surface area contributed by atoms with Gasteiger partial charge in [0.25, 0.3) is 0 Å². The molecule has 0 aliphatic heterocycles. The Bertz CT molecular complexity index is 571. The molecular weight excluding hydrogens is 256 g/mol. The number of hydrogen-bond donors (Lipinski definition) is 2. The van der Waals surface area contributed by atoms with E-state index < -0.39 is 12.2 Å². The highest BCUT2D eigenvalue weighted by Gasteiger charge is 2.26. The van der Waals surface area contributed by atoms with Crippen LogP contribution in [0.3, 0.4) is 0 Å². The number of aliphatic hydroxyl groups is 2. The Morgan fingerprint density at radius 2 is 1.90 bits per heavy atom. The van der Waals surface area contributed by atoms with Gasteiger partial charge in [-0.15, -0.1) is 0 Å². The van der Waals surface area contributed by atoms with Gasteiger partial charge in [-0.25, -0.2) is 4.98 Å². The summed E-state index contributed by atoms with van der Waals surface area (Å²) in [5.41, 5.74) is 0.225. The van der Waals surface area contributed by atoms with Crippen LogP contribution in [0.2, 0.25) is 0 Å². The first kappa shape index (κ1) is 14.4. The van der Waals surface area contributed by atoms with Crippen molar-refractivity contribution in [1.29, 1.82) is 0 Å². The van der Waals surface area contributed by atoms with Crippen LogP contribution in [0.25, 0.3) is 0 Å². The van der Waals surface area contributed by atoms with E-state index in [0.717, 1.165) is 5.56 Å². The summed E-state index contributed by atoms with van der Waals surface area (Å²) in [4.78, 5) is 8.28. The van der Waals surface area contributed by atoms with Gasteiger partial charge >= 0.3 is 0 Å². The van der Waals surface area contributed by atoms with E-state index in [-0.39, 0.29) is 5.82 Å². The molecule has 1 aromatic carbocycles. The van der Waals surface area contributed by atoms with E-state index in [1.54, 1.807) is 13.0 Å². The zero-order valence-electron chi connectivity index (χ0n) is 11.6. The lowest BCUT2D eigenvalue weighted by Gasteiger charge is -2.19. The Morgan fingerprint density at radius 1 is 1.20 bits per heavy atom. The van der Waals surface area contributed by atoms with Gasteiger partial charge < -0.3 is 14.9 Å². The Labute approximate surface area is 117 Å². The summed E-state index contributed by atoms with van der Waals surface area (Å²) in [5, 5.41) is 19.2. The topological polar surface area (TPSA) is 75.5 Å². The lowest BCUT2D eigenvalue weighted by atomic mass is 10.1. The van der Waals surface area contributed by atoms with Gasteiger partial charge in [-0.2, -0.15) is 4.98 Å². The fourth-order valence-electron chi connectivity index (χ4n) is 1.66. The van der Waals surface area contributed by atoms with Gasteiger partial charge in [-0.1, -0.05) is 30.3 Å². The van der Waals surface area contributed by atoms with Crippen molar-refractivity contribution in [2.75, 3.05) is 6.61 Å². The predicted molar refractivity (Wildman–Crippen MR) is 74.2 cm³/mol. The Hall–Kier alpha value is -1.98. The number of benzene rings is 1. The second-order valence-electron chi connectivity index (χ2n) is 4.88. The third-order valence-corrected chi connectivity index (χ3v) is 2.85. The van der Waals surface area contributed by atoms with Crippen molar-refractivity contribution in [3.8, 4) is 5.88 Å². The average Bonchev–Trinajstić information content (AvgIpc) is 2.45. The van der Waals surface area contributed by atoms with E-state index in [2.05, 4.69) is 9.97 Å². The van der Waals surface area contributed by atoms with Gasteiger partial charge in [0, 0.05) is 11.8 Å². The minimum atomic E-state index is -1.48. The van der Waals surface area contributed by atoms with E-state index in [1.165, 1.54) is 6.92 Å². The summed E-state index contributed by atoms with van der Waals surface area (Å²) in [7, 11) is 0. The molecule has 106 valence electrons. The highest BCUT2D eigenvalue weighted by molar-refractivity contribution is 5.19. The van der Waals surface area contributed by atoms with E-state index >= 15 is 0 Å². The molecule has 2 rings (SSSR count). The monoisotopic (exact) mass is 274 g/mol. The maximum Gasteiger partial charge on any atom is 0.217 e. The van der Waals surface area contributed by atoms with Crippen molar-refractivity contribution < 1.29 is 14.9 Å². The van der Waals surface area contributed by atoms with Gasteiger partial charge in [0.05, 0.1) is 6.61 Å². The molecule has 0 radical (unpaired) electrons. The van der Waals surface area contributed by atoms with Crippen molar-refractivity contribution in [2.24, 2.45) is 0 Å². The van der Waals surface area contributed by atoms with Crippen LogP contribution in [-0.2, 0) is 12.2 Å². The lowest BCUT2D eigenvalue weighted by molar-refractivity contribution is -0.0104. The van der Waals surface area contributed by atoms with Gasteiger partial charge in [0.1, 0.15) is 12.2 Å². The third-order valence-electron chi connectivity index (χ3n) is 2.85. The van der Waals surface area contributed by atoms with E-state index in [1.807, 2.05) is 30.3 Å². The maximum absolute atomic E-state index is 10.00. The average molecular weight is 274 g/mol. The molecule has 0 aliphatic carbocycles. The summed E-state index contributed by atoms with van der Waals surface area (Å²) < 4.78 is 5.61. The summed E-state index contributed by atoms with van der Waals surface area (Å²) in [5.74, 6) is 0.535. The van der Waals surface area contributed by atoms with Crippen molar-refractivity contribution in [3.63, 3.8) is 0 Å². The molecule has 5 heteroatoms.